The minimum absolute atomic E-state index is 0.0102. The molecule has 2 atom stereocenters. The third kappa shape index (κ3) is 5.27. The quantitative estimate of drug-likeness (QED) is 0.715. The normalized spacial score (nSPS) is 13.9. The molecule has 0 spiro atoms. The van der Waals surface area contributed by atoms with Gasteiger partial charge in [-0.05, 0) is 49.7 Å². The van der Waals surface area contributed by atoms with Crippen molar-refractivity contribution in [2.24, 2.45) is 5.14 Å². The number of carbonyl (C=O) groups excluding carboxylic acids is 1. The molecule has 134 valence electrons. The highest BCUT2D eigenvalue weighted by atomic mass is 35.5. The largest absolute Gasteiger partial charge is 0.325 e. The minimum Gasteiger partial charge on any atom is -0.325 e. The molecule has 2 aromatic rings. The molecule has 2 aromatic carbocycles. The van der Waals surface area contributed by atoms with Gasteiger partial charge in [0, 0.05) is 16.8 Å². The predicted octanol–water partition coefficient (Wildman–Crippen LogP) is 2.67. The molecule has 0 aliphatic rings. The van der Waals surface area contributed by atoms with E-state index in [2.05, 4.69) is 10.6 Å². The molecule has 0 aromatic heterocycles. The van der Waals surface area contributed by atoms with Gasteiger partial charge >= 0.3 is 0 Å². The molecular weight excluding hydrogens is 362 g/mol. The Kier molecular flexibility index (Phi) is 6.18. The molecular formula is C17H20ClN3O3S. The van der Waals surface area contributed by atoms with E-state index in [4.69, 9.17) is 16.7 Å². The smallest absolute Gasteiger partial charge is 0.241 e. The second-order valence-electron chi connectivity index (χ2n) is 5.69. The Morgan fingerprint density at radius 2 is 1.68 bits per heavy atom. The van der Waals surface area contributed by atoms with E-state index in [1.807, 2.05) is 25.1 Å². The molecule has 0 fully saturated rings. The van der Waals surface area contributed by atoms with Gasteiger partial charge in [0.1, 0.15) is 0 Å². The van der Waals surface area contributed by atoms with E-state index in [1.54, 1.807) is 13.0 Å². The van der Waals surface area contributed by atoms with Crippen LogP contribution in [0.5, 0.6) is 0 Å². The van der Waals surface area contributed by atoms with Crippen molar-refractivity contribution in [2.75, 3.05) is 5.32 Å². The van der Waals surface area contributed by atoms with Gasteiger partial charge in [-0.15, -0.1) is 0 Å². The number of carbonyl (C=O) groups is 1. The van der Waals surface area contributed by atoms with Gasteiger partial charge in [-0.3, -0.25) is 10.1 Å². The number of nitrogens with one attached hydrogen (secondary N) is 2. The van der Waals surface area contributed by atoms with Gasteiger partial charge in [-0.2, -0.15) is 0 Å². The average Bonchev–Trinajstić information content (AvgIpc) is 2.54. The molecule has 6 nitrogen and oxygen atoms in total. The Morgan fingerprint density at radius 1 is 1.08 bits per heavy atom. The van der Waals surface area contributed by atoms with E-state index < -0.39 is 16.1 Å². The molecule has 0 aliphatic heterocycles. The first-order valence-electron chi connectivity index (χ1n) is 7.62. The average molecular weight is 382 g/mol. The van der Waals surface area contributed by atoms with E-state index in [-0.39, 0.29) is 16.8 Å². The SMILES string of the molecule is C[C@H](N[C@H](C)C(=O)Nc1ccc(S(N)(=O)=O)cc1)c1ccccc1Cl. The highest BCUT2D eigenvalue weighted by Crippen LogP contribution is 2.22. The van der Waals surface area contributed by atoms with E-state index in [0.717, 1.165) is 5.56 Å². The van der Waals surface area contributed by atoms with E-state index in [9.17, 15) is 13.2 Å². The Hall–Kier alpha value is -1.93. The first-order valence-corrected chi connectivity index (χ1v) is 9.55. The summed E-state index contributed by atoms with van der Waals surface area (Å²) in [7, 11) is -3.75. The number of rotatable bonds is 6. The molecule has 25 heavy (non-hydrogen) atoms. The lowest BCUT2D eigenvalue weighted by Crippen LogP contribution is -2.39. The van der Waals surface area contributed by atoms with Crippen molar-refractivity contribution in [3.63, 3.8) is 0 Å². The summed E-state index contributed by atoms with van der Waals surface area (Å²) in [6, 6.07) is 12.5. The molecule has 0 heterocycles. The van der Waals surface area contributed by atoms with Crippen LogP contribution in [0.4, 0.5) is 5.69 Å². The Balaban J connectivity index is 1.99. The summed E-state index contributed by atoms with van der Waals surface area (Å²) in [6.07, 6.45) is 0. The molecule has 2 rings (SSSR count). The maximum absolute atomic E-state index is 12.3. The van der Waals surface area contributed by atoms with Crippen molar-refractivity contribution >= 4 is 33.2 Å². The van der Waals surface area contributed by atoms with E-state index >= 15 is 0 Å². The van der Waals surface area contributed by atoms with Gasteiger partial charge in [-0.25, -0.2) is 13.6 Å². The molecule has 4 N–H and O–H groups in total. The molecule has 0 aliphatic carbocycles. The summed E-state index contributed by atoms with van der Waals surface area (Å²) in [5, 5.41) is 11.6. The Morgan fingerprint density at radius 3 is 2.24 bits per heavy atom. The zero-order valence-corrected chi connectivity index (χ0v) is 15.4. The van der Waals surface area contributed by atoms with E-state index in [1.165, 1.54) is 24.3 Å². The standard InChI is InChI=1S/C17H20ClN3O3S/c1-11(15-5-3-4-6-16(15)18)20-12(2)17(22)21-13-7-9-14(10-8-13)25(19,23)24/h3-12,20H,1-2H3,(H,21,22)(H2,19,23,24)/t11-,12+/m0/s1. The number of anilines is 1. The second-order valence-corrected chi connectivity index (χ2v) is 7.66. The zero-order chi connectivity index (χ0) is 18.6. The highest BCUT2D eigenvalue weighted by Gasteiger charge is 2.18. The van der Waals surface area contributed by atoms with Crippen LogP contribution in [0.2, 0.25) is 5.02 Å². The van der Waals surface area contributed by atoms with Crippen LogP contribution in [0, 0.1) is 0 Å². The van der Waals surface area contributed by atoms with Crippen LogP contribution >= 0.6 is 11.6 Å². The third-order valence-electron chi connectivity index (χ3n) is 3.72. The fourth-order valence-corrected chi connectivity index (χ4v) is 3.16. The number of primary sulfonamides is 1. The Labute approximate surface area is 152 Å². The number of nitrogens with two attached hydrogens (primary N) is 1. The van der Waals surface area contributed by atoms with Gasteiger partial charge in [0.2, 0.25) is 15.9 Å². The van der Waals surface area contributed by atoms with Gasteiger partial charge in [0.15, 0.2) is 0 Å². The maximum atomic E-state index is 12.3. The van der Waals surface area contributed by atoms with Gasteiger partial charge in [-0.1, -0.05) is 29.8 Å². The van der Waals surface area contributed by atoms with Crippen molar-refractivity contribution < 1.29 is 13.2 Å². The van der Waals surface area contributed by atoms with Crippen LogP contribution in [-0.2, 0) is 14.8 Å². The number of amides is 1. The fourth-order valence-electron chi connectivity index (χ4n) is 2.35. The number of halogens is 1. The molecule has 0 radical (unpaired) electrons. The van der Waals surface area contributed by atoms with Crippen molar-refractivity contribution in [1.82, 2.24) is 5.32 Å². The molecule has 0 saturated carbocycles. The Bertz CT molecular complexity index is 854. The summed E-state index contributed by atoms with van der Waals surface area (Å²) in [4.78, 5) is 12.3. The lowest BCUT2D eigenvalue weighted by atomic mass is 10.1. The van der Waals surface area contributed by atoms with Crippen molar-refractivity contribution in [3.05, 3.63) is 59.1 Å². The van der Waals surface area contributed by atoms with Crippen LogP contribution < -0.4 is 15.8 Å². The van der Waals surface area contributed by atoms with Gasteiger partial charge in [0.25, 0.3) is 0 Å². The third-order valence-corrected chi connectivity index (χ3v) is 4.99. The number of hydrogen-bond acceptors (Lipinski definition) is 4. The molecule has 0 bridgehead atoms. The van der Waals surface area contributed by atoms with Crippen LogP contribution in [0.3, 0.4) is 0 Å². The summed E-state index contributed by atoms with van der Waals surface area (Å²) in [6.45, 7) is 3.66. The maximum Gasteiger partial charge on any atom is 0.241 e. The van der Waals surface area contributed by atoms with Gasteiger partial charge < -0.3 is 5.32 Å². The molecule has 1 amide bonds. The number of sulfonamides is 1. The van der Waals surface area contributed by atoms with Crippen molar-refractivity contribution in [3.8, 4) is 0 Å². The summed E-state index contributed by atoms with van der Waals surface area (Å²) in [5.41, 5.74) is 1.39. The van der Waals surface area contributed by atoms with Crippen molar-refractivity contribution in [1.29, 1.82) is 0 Å². The summed E-state index contributed by atoms with van der Waals surface area (Å²) in [5.74, 6) is -0.248. The predicted molar refractivity (Wildman–Crippen MR) is 98.9 cm³/mol. The second kappa shape index (κ2) is 7.97. The zero-order valence-electron chi connectivity index (χ0n) is 13.9. The minimum atomic E-state index is -3.75. The molecule has 0 saturated heterocycles. The summed E-state index contributed by atoms with van der Waals surface area (Å²) < 4.78 is 22.5. The summed E-state index contributed by atoms with van der Waals surface area (Å²) >= 11 is 6.16. The first kappa shape index (κ1) is 19.4. The van der Waals surface area contributed by atoms with Crippen LogP contribution in [0.15, 0.2) is 53.4 Å². The molecule has 0 unspecified atom stereocenters. The monoisotopic (exact) mass is 381 g/mol. The van der Waals surface area contributed by atoms with Crippen LogP contribution in [0.1, 0.15) is 25.5 Å². The van der Waals surface area contributed by atoms with Gasteiger partial charge in [0.05, 0.1) is 10.9 Å². The fraction of sp³-hybridized carbons (Fsp3) is 0.235. The highest BCUT2D eigenvalue weighted by molar-refractivity contribution is 7.89. The van der Waals surface area contributed by atoms with Crippen molar-refractivity contribution in [2.45, 2.75) is 30.8 Å². The van der Waals surface area contributed by atoms with Crippen LogP contribution in [-0.4, -0.2) is 20.4 Å². The number of hydrogen-bond donors (Lipinski definition) is 3. The first-order chi connectivity index (χ1) is 11.7. The van der Waals surface area contributed by atoms with E-state index in [0.29, 0.717) is 10.7 Å². The topological polar surface area (TPSA) is 101 Å². The lowest BCUT2D eigenvalue weighted by molar-refractivity contribution is -0.117. The lowest BCUT2D eigenvalue weighted by Gasteiger charge is -2.21. The molecule has 8 heteroatoms. The number of benzene rings is 2. The van der Waals surface area contributed by atoms with Crippen LogP contribution in [0.25, 0.3) is 0 Å².